The van der Waals surface area contributed by atoms with Gasteiger partial charge in [-0.2, -0.15) is 0 Å². The Hall–Kier alpha value is -0.600. The van der Waals surface area contributed by atoms with E-state index in [-0.39, 0.29) is 16.9 Å². The molecule has 1 unspecified atom stereocenters. The van der Waals surface area contributed by atoms with Crippen molar-refractivity contribution in [1.29, 1.82) is 0 Å². The van der Waals surface area contributed by atoms with Crippen LogP contribution in [0.25, 0.3) is 0 Å². The van der Waals surface area contributed by atoms with Crippen molar-refractivity contribution < 1.29 is 4.39 Å². The van der Waals surface area contributed by atoms with Gasteiger partial charge in [0, 0.05) is 11.6 Å². The summed E-state index contributed by atoms with van der Waals surface area (Å²) in [7, 11) is 0. The van der Waals surface area contributed by atoms with E-state index in [4.69, 9.17) is 11.6 Å². The number of rotatable bonds is 2. The second kappa shape index (κ2) is 4.72. The molecule has 3 heteroatoms. The SMILES string of the molecule is CC(C)c1cc(Cl)c(F)c(C2CCCN2)c1. The molecular weight excluding hydrogens is 225 g/mol. The monoisotopic (exact) mass is 241 g/mol. The van der Waals surface area contributed by atoms with Crippen LogP contribution in [-0.2, 0) is 0 Å². The minimum atomic E-state index is -0.259. The predicted octanol–water partition coefficient (Wildman–Crippen LogP) is 4.03. The van der Waals surface area contributed by atoms with Crippen LogP contribution in [0.15, 0.2) is 12.1 Å². The van der Waals surface area contributed by atoms with Gasteiger partial charge in [0.1, 0.15) is 5.82 Å². The highest BCUT2D eigenvalue weighted by Crippen LogP contribution is 2.32. The fraction of sp³-hybridized carbons (Fsp3) is 0.538. The van der Waals surface area contributed by atoms with Crippen molar-refractivity contribution >= 4 is 11.6 Å². The lowest BCUT2D eigenvalue weighted by atomic mass is 9.96. The second-order valence-electron chi connectivity index (χ2n) is 4.71. The first-order valence-corrected chi connectivity index (χ1v) is 6.19. The van der Waals surface area contributed by atoms with E-state index in [1.807, 2.05) is 6.07 Å². The molecule has 1 fully saturated rings. The molecule has 0 amide bonds. The Morgan fingerprint density at radius 1 is 1.44 bits per heavy atom. The van der Waals surface area contributed by atoms with E-state index in [9.17, 15) is 4.39 Å². The van der Waals surface area contributed by atoms with Gasteiger partial charge in [0.05, 0.1) is 5.02 Å². The molecule has 0 radical (unpaired) electrons. The van der Waals surface area contributed by atoms with Gasteiger partial charge in [-0.25, -0.2) is 4.39 Å². The summed E-state index contributed by atoms with van der Waals surface area (Å²) in [5.41, 5.74) is 1.84. The van der Waals surface area contributed by atoms with Crippen LogP contribution in [0.4, 0.5) is 4.39 Å². The first-order chi connectivity index (χ1) is 7.59. The van der Waals surface area contributed by atoms with Crippen LogP contribution in [0, 0.1) is 5.82 Å². The molecule has 1 aromatic carbocycles. The highest BCUT2D eigenvalue weighted by atomic mass is 35.5. The van der Waals surface area contributed by atoms with Crippen molar-refractivity contribution in [1.82, 2.24) is 5.32 Å². The summed E-state index contributed by atoms with van der Waals surface area (Å²) >= 11 is 5.94. The molecule has 0 bridgehead atoms. The van der Waals surface area contributed by atoms with E-state index in [1.165, 1.54) is 0 Å². The third kappa shape index (κ3) is 2.23. The van der Waals surface area contributed by atoms with Crippen molar-refractivity contribution in [3.8, 4) is 0 Å². The molecule has 1 N–H and O–H groups in total. The van der Waals surface area contributed by atoms with Gasteiger partial charge in [0.15, 0.2) is 0 Å². The first kappa shape index (κ1) is 11.9. The van der Waals surface area contributed by atoms with Gasteiger partial charge in [0.25, 0.3) is 0 Å². The standard InChI is InChI=1S/C13H17ClFN/c1-8(2)9-6-10(12-4-3-5-16-12)13(15)11(14)7-9/h6-8,12,16H,3-5H2,1-2H3. The van der Waals surface area contributed by atoms with Crippen LogP contribution in [0.5, 0.6) is 0 Å². The maximum Gasteiger partial charge on any atom is 0.146 e. The van der Waals surface area contributed by atoms with Crippen LogP contribution in [0.1, 0.15) is 49.8 Å². The van der Waals surface area contributed by atoms with Crippen molar-refractivity contribution in [2.45, 2.75) is 38.6 Å². The van der Waals surface area contributed by atoms with E-state index < -0.39 is 0 Å². The smallest absolute Gasteiger partial charge is 0.146 e. The summed E-state index contributed by atoms with van der Waals surface area (Å²) < 4.78 is 13.9. The average molecular weight is 242 g/mol. The third-order valence-electron chi connectivity index (χ3n) is 3.18. The van der Waals surface area contributed by atoms with Crippen molar-refractivity contribution in [2.75, 3.05) is 6.54 Å². The van der Waals surface area contributed by atoms with Crippen LogP contribution < -0.4 is 5.32 Å². The number of hydrogen-bond acceptors (Lipinski definition) is 1. The number of nitrogens with one attached hydrogen (secondary N) is 1. The molecule has 1 heterocycles. The molecule has 1 aromatic rings. The Balaban J connectivity index is 2.41. The Labute approximate surface area is 101 Å². The highest BCUT2D eigenvalue weighted by molar-refractivity contribution is 6.30. The summed E-state index contributed by atoms with van der Waals surface area (Å²) in [6.45, 7) is 5.15. The molecule has 88 valence electrons. The van der Waals surface area contributed by atoms with E-state index in [2.05, 4.69) is 19.2 Å². The highest BCUT2D eigenvalue weighted by Gasteiger charge is 2.22. The minimum absolute atomic E-state index is 0.135. The second-order valence-corrected chi connectivity index (χ2v) is 5.12. The fourth-order valence-electron chi connectivity index (χ4n) is 2.17. The molecule has 0 aromatic heterocycles. The average Bonchev–Trinajstić information content (AvgIpc) is 2.74. The van der Waals surface area contributed by atoms with Gasteiger partial charge in [-0.15, -0.1) is 0 Å². The Bertz CT molecular complexity index is 384. The van der Waals surface area contributed by atoms with E-state index in [0.717, 1.165) is 30.5 Å². The maximum atomic E-state index is 13.9. The van der Waals surface area contributed by atoms with E-state index in [0.29, 0.717) is 5.92 Å². The van der Waals surface area contributed by atoms with E-state index >= 15 is 0 Å². The topological polar surface area (TPSA) is 12.0 Å². The summed E-state index contributed by atoms with van der Waals surface area (Å²) in [6.07, 6.45) is 2.10. The maximum absolute atomic E-state index is 13.9. The Morgan fingerprint density at radius 2 is 2.19 bits per heavy atom. The summed E-state index contributed by atoms with van der Waals surface area (Å²) in [5, 5.41) is 3.55. The van der Waals surface area contributed by atoms with Crippen LogP contribution in [0.2, 0.25) is 5.02 Å². The zero-order valence-electron chi connectivity index (χ0n) is 9.69. The lowest BCUT2D eigenvalue weighted by molar-refractivity contribution is 0.557. The number of benzene rings is 1. The van der Waals surface area contributed by atoms with E-state index in [1.54, 1.807) is 6.07 Å². The van der Waals surface area contributed by atoms with Gasteiger partial charge in [-0.3, -0.25) is 0 Å². The van der Waals surface area contributed by atoms with Crippen LogP contribution in [-0.4, -0.2) is 6.54 Å². The summed E-state index contributed by atoms with van der Waals surface area (Å²) in [4.78, 5) is 0. The fourth-order valence-corrected chi connectivity index (χ4v) is 2.40. The molecule has 16 heavy (non-hydrogen) atoms. The predicted molar refractivity (Wildman–Crippen MR) is 65.5 cm³/mol. The first-order valence-electron chi connectivity index (χ1n) is 5.82. The van der Waals surface area contributed by atoms with Gasteiger partial charge in [0.2, 0.25) is 0 Å². The molecule has 1 aliphatic rings. The zero-order chi connectivity index (χ0) is 11.7. The number of hydrogen-bond donors (Lipinski definition) is 1. The quantitative estimate of drug-likeness (QED) is 0.825. The summed E-state index contributed by atoms with van der Waals surface area (Å²) in [6, 6.07) is 3.82. The molecular formula is C13H17ClFN. The van der Waals surface area contributed by atoms with Crippen molar-refractivity contribution in [3.05, 3.63) is 34.1 Å². The minimum Gasteiger partial charge on any atom is -0.310 e. The van der Waals surface area contributed by atoms with Crippen LogP contribution in [0.3, 0.4) is 0 Å². The lowest BCUT2D eigenvalue weighted by Gasteiger charge is -2.16. The third-order valence-corrected chi connectivity index (χ3v) is 3.46. The number of halogens is 2. The lowest BCUT2D eigenvalue weighted by Crippen LogP contribution is -2.15. The molecule has 0 spiro atoms. The molecule has 1 nitrogen and oxygen atoms in total. The van der Waals surface area contributed by atoms with Gasteiger partial charge in [-0.1, -0.05) is 31.5 Å². The van der Waals surface area contributed by atoms with Crippen molar-refractivity contribution in [3.63, 3.8) is 0 Å². The zero-order valence-corrected chi connectivity index (χ0v) is 10.4. The molecule has 1 atom stereocenters. The normalized spacial score (nSPS) is 20.7. The van der Waals surface area contributed by atoms with Crippen LogP contribution >= 0.6 is 11.6 Å². The molecule has 1 saturated heterocycles. The van der Waals surface area contributed by atoms with Crippen molar-refractivity contribution in [2.24, 2.45) is 0 Å². The largest absolute Gasteiger partial charge is 0.310 e. The molecule has 0 saturated carbocycles. The molecule has 0 aliphatic carbocycles. The Kier molecular flexibility index (Phi) is 3.50. The molecule has 1 aliphatic heterocycles. The van der Waals surface area contributed by atoms with Gasteiger partial charge in [-0.05, 0) is 36.9 Å². The Morgan fingerprint density at radius 3 is 2.75 bits per heavy atom. The summed E-state index contributed by atoms with van der Waals surface area (Å²) in [5.74, 6) is 0.115. The molecule has 2 rings (SSSR count). The van der Waals surface area contributed by atoms with Gasteiger partial charge >= 0.3 is 0 Å². The van der Waals surface area contributed by atoms with Gasteiger partial charge < -0.3 is 5.32 Å².